The van der Waals surface area contributed by atoms with Crippen LogP contribution in [0.25, 0.3) is 0 Å². The molecule has 1 unspecified atom stereocenters. The second-order valence-electron chi connectivity index (χ2n) is 6.31. The molecular weight excluding hydrogens is 292 g/mol. The van der Waals surface area contributed by atoms with Crippen LogP contribution in [0, 0.1) is 13.8 Å². The molecule has 7 nitrogen and oxygen atoms in total. The summed E-state index contributed by atoms with van der Waals surface area (Å²) in [7, 11) is 0. The smallest absolute Gasteiger partial charge is 0.181 e. The van der Waals surface area contributed by atoms with Crippen LogP contribution in [0.4, 0.5) is 5.82 Å². The van der Waals surface area contributed by atoms with Crippen LogP contribution in [0.5, 0.6) is 0 Å². The average molecular weight is 314 g/mol. The fourth-order valence-electron chi connectivity index (χ4n) is 3.46. The van der Waals surface area contributed by atoms with Crippen molar-refractivity contribution in [2.45, 2.75) is 45.6 Å². The van der Waals surface area contributed by atoms with Crippen LogP contribution in [-0.4, -0.2) is 44.8 Å². The number of aromatic nitrogens is 5. The van der Waals surface area contributed by atoms with Crippen LogP contribution < -0.4 is 4.90 Å². The van der Waals surface area contributed by atoms with E-state index >= 15 is 0 Å². The number of anilines is 1. The fraction of sp³-hybridized carbons (Fsp3) is 0.625. The zero-order valence-corrected chi connectivity index (χ0v) is 13.7. The number of aryl methyl sites for hydroxylation is 3. The fourth-order valence-corrected chi connectivity index (χ4v) is 3.46. The van der Waals surface area contributed by atoms with Gasteiger partial charge in [0.2, 0.25) is 0 Å². The predicted octanol–water partition coefficient (Wildman–Crippen LogP) is 1.67. The van der Waals surface area contributed by atoms with Crippen molar-refractivity contribution in [1.29, 1.82) is 0 Å². The molecule has 0 radical (unpaired) electrons. The number of morpholine rings is 1. The molecule has 1 aliphatic heterocycles. The molecule has 7 heteroatoms. The molecule has 1 atom stereocenters. The van der Waals surface area contributed by atoms with Crippen molar-refractivity contribution in [3.8, 4) is 0 Å². The summed E-state index contributed by atoms with van der Waals surface area (Å²) in [5, 5.41) is 7.15. The lowest BCUT2D eigenvalue weighted by atomic mass is 9.96. The number of ether oxygens (including phenoxy) is 1. The van der Waals surface area contributed by atoms with E-state index in [1.165, 1.54) is 24.1 Å². The maximum absolute atomic E-state index is 5.87. The summed E-state index contributed by atoms with van der Waals surface area (Å²) in [6.45, 7) is 6.13. The molecule has 0 saturated carbocycles. The first-order chi connectivity index (χ1) is 11.2. The van der Waals surface area contributed by atoms with Gasteiger partial charge in [-0.2, -0.15) is 5.10 Å². The molecule has 23 heavy (non-hydrogen) atoms. The highest BCUT2D eigenvalue weighted by Gasteiger charge is 2.29. The summed E-state index contributed by atoms with van der Waals surface area (Å²) in [4.78, 5) is 16.1. The molecule has 0 aromatic carbocycles. The van der Waals surface area contributed by atoms with Crippen LogP contribution in [-0.2, 0) is 17.6 Å². The van der Waals surface area contributed by atoms with Gasteiger partial charge in [0, 0.05) is 17.8 Å². The predicted molar refractivity (Wildman–Crippen MR) is 85.4 cm³/mol. The minimum absolute atomic E-state index is 0.108. The van der Waals surface area contributed by atoms with Crippen molar-refractivity contribution in [2.24, 2.45) is 0 Å². The highest BCUT2D eigenvalue weighted by Crippen LogP contribution is 2.31. The summed E-state index contributed by atoms with van der Waals surface area (Å²) < 4.78 is 5.87. The third kappa shape index (κ3) is 2.81. The summed E-state index contributed by atoms with van der Waals surface area (Å²) in [6.07, 6.45) is 4.49. The Kier molecular flexibility index (Phi) is 3.72. The summed E-state index contributed by atoms with van der Waals surface area (Å²) in [5.41, 5.74) is 2.56. The first-order valence-electron chi connectivity index (χ1n) is 8.32. The van der Waals surface area contributed by atoms with Crippen molar-refractivity contribution in [3.63, 3.8) is 0 Å². The Morgan fingerprint density at radius 2 is 2.00 bits per heavy atom. The maximum atomic E-state index is 5.87. The SMILES string of the molecule is Cc1nc2c(c(N3CCOC(c4n[nH]c(C)n4)C3)n1)CCCC2. The van der Waals surface area contributed by atoms with Crippen molar-refractivity contribution < 1.29 is 4.74 Å². The molecule has 1 fully saturated rings. The molecule has 2 aliphatic rings. The van der Waals surface area contributed by atoms with Crippen LogP contribution >= 0.6 is 0 Å². The van der Waals surface area contributed by atoms with Gasteiger partial charge in [-0.3, -0.25) is 5.10 Å². The number of rotatable bonds is 2. The minimum atomic E-state index is -0.108. The number of H-pyrrole nitrogens is 1. The Bertz CT molecular complexity index is 713. The summed E-state index contributed by atoms with van der Waals surface area (Å²) in [5.74, 6) is 3.49. The Balaban J connectivity index is 1.64. The second kappa shape index (κ2) is 5.88. The summed E-state index contributed by atoms with van der Waals surface area (Å²) in [6, 6.07) is 0. The van der Waals surface area contributed by atoms with Crippen molar-refractivity contribution in [2.75, 3.05) is 24.6 Å². The van der Waals surface area contributed by atoms with Crippen molar-refractivity contribution in [1.82, 2.24) is 25.1 Å². The van der Waals surface area contributed by atoms with Gasteiger partial charge in [-0.05, 0) is 39.5 Å². The molecule has 2 aromatic heterocycles. The molecule has 1 N–H and O–H groups in total. The Labute approximate surface area is 135 Å². The molecule has 0 bridgehead atoms. The lowest BCUT2D eigenvalue weighted by molar-refractivity contribution is 0.0339. The Morgan fingerprint density at radius 1 is 1.13 bits per heavy atom. The van der Waals surface area contributed by atoms with Gasteiger partial charge in [-0.25, -0.2) is 15.0 Å². The molecular formula is C16H22N6O. The van der Waals surface area contributed by atoms with Gasteiger partial charge in [0.1, 0.15) is 23.6 Å². The van der Waals surface area contributed by atoms with Crippen molar-refractivity contribution >= 4 is 5.82 Å². The lowest BCUT2D eigenvalue weighted by Gasteiger charge is -2.34. The van der Waals surface area contributed by atoms with Crippen LogP contribution in [0.3, 0.4) is 0 Å². The number of nitrogens with zero attached hydrogens (tertiary/aromatic N) is 5. The Morgan fingerprint density at radius 3 is 2.83 bits per heavy atom. The molecule has 1 saturated heterocycles. The van der Waals surface area contributed by atoms with E-state index in [4.69, 9.17) is 9.72 Å². The molecule has 2 aromatic rings. The van der Waals surface area contributed by atoms with E-state index in [1.807, 2.05) is 13.8 Å². The van der Waals surface area contributed by atoms with Gasteiger partial charge in [-0.15, -0.1) is 0 Å². The lowest BCUT2D eigenvalue weighted by Crippen LogP contribution is -2.40. The average Bonchev–Trinajstić information content (AvgIpc) is 3.01. The molecule has 122 valence electrons. The number of aromatic amines is 1. The van der Waals surface area contributed by atoms with Gasteiger partial charge in [0.05, 0.1) is 13.2 Å². The highest BCUT2D eigenvalue weighted by atomic mass is 16.5. The standard InChI is InChI=1S/C16H22N6O/c1-10-17-13-6-4-3-5-12(13)16(19-10)22-7-8-23-14(9-22)15-18-11(2)20-21-15/h14H,3-9H2,1-2H3,(H,18,20,21). The zero-order chi connectivity index (χ0) is 15.8. The molecule has 0 amide bonds. The van der Waals surface area contributed by atoms with Crippen LogP contribution in [0.15, 0.2) is 0 Å². The van der Waals surface area contributed by atoms with E-state index in [9.17, 15) is 0 Å². The van der Waals surface area contributed by atoms with E-state index < -0.39 is 0 Å². The monoisotopic (exact) mass is 314 g/mol. The Hall–Kier alpha value is -2.02. The second-order valence-corrected chi connectivity index (χ2v) is 6.31. The molecule has 0 spiro atoms. The number of hydrogen-bond donors (Lipinski definition) is 1. The summed E-state index contributed by atoms with van der Waals surface area (Å²) >= 11 is 0. The molecule has 3 heterocycles. The number of hydrogen-bond acceptors (Lipinski definition) is 6. The van der Waals surface area contributed by atoms with E-state index in [2.05, 4.69) is 25.1 Å². The number of nitrogens with one attached hydrogen (secondary N) is 1. The van der Waals surface area contributed by atoms with Crippen molar-refractivity contribution in [3.05, 3.63) is 28.7 Å². The highest BCUT2D eigenvalue weighted by molar-refractivity contribution is 5.50. The first-order valence-corrected chi connectivity index (χ1v) is 8.32. The van der Waals surface area contributed by atoms with Gasteiger partial charge in [0.15, 0.2) is 5.82 Å². The van der Waals surface area contributed by atoms with Gasteiger partial charge >= 0.3 is 0 Å². The number of fused-ring (bicyclic) bond motifs is 1. The quantitative estimate of drug-likeness (QED) is 0.908. The minimum Gasteiger partial charge on any atom is -0.366 e. The molecule has 4 rings (SSSR count). The topological polar surface area (TPSA) is 79.8 Å². The van der Waals surface area contributed by atoms with Gasteiger partial charge < -0.3 is 9.64 Å². The third-order valence-corrected chi connectivity index (χ3v) is 4.54. The van der Waals surface area contributed by atoms with Crippen LogP contribution in [0.1, 0.15) is 47.7 Å². The zero-order valence-electron chi connectivity index (χ0n) is 13.7. The van der Waals surface area contributed by atoms with Gasteiger partial charge in [0.25, 0.3) is 0 Å². The maximum Gasteiger partial charge on any atom is 0.181 e. The van der Waals surface area contributed by atoms with Gasteiger partial charge in [-0.1, -0.05) is 0 Å². The van der Waals surface area contributed by atoms with E-state index in [0.717, 1.165) is 49.2 Å². The largest absolute Gasteiger partial charge is 0.366 e. The van der Waals surface area contributed by atoms with E-state index in [-0.39, 0.29) is 6.10 Å². The first kappa shape index (κ1) is 14.6. The van der Waals surface area contributed by atoms with E-state index in [0.29, 0.717) is 6.61 Å². The third-order valence-electron chi connectivity index (χ3n) is 4.54. The molecule has 1 aliphatic carbocycles. The van der Waals surface area contributed by atoms with E-state index in [1.54, 1.807) is 0 Å². The normalized spacial score (nSPS) is 21.3. The van der Waals surface area contributed by atoms with Crippen LogP contribution in [0.2, 0.25) is 0 Å².